The van der Waals surface area contributed by atoms with Crippen molar-refractivity contribution in [2.75, 3.05) is 14.2 Å². The molecule has 0 aromatic heterocycles. The predicted molar refractivity (Wildman–Crippen MR) is 108 cm³/mol. The second kappa shape index (κ2) is 7.31. The van der Waals surface area contributed by atoms with Crippen molar-refractivity contribution in [3.8, 4) is 28.7 Å². The van der Waals surface area contributed by atoms with Gasteiger partial charge in [-0.1, -0.05) is 0 Å². The number of ether oxygens (including phenoxy) is 3. The van der Waals surface area contributed by atoms with Gasteiger partial charge in [0.15, 0.2) is 5.78 Å². The van der Waals surface area contributed by atoms with Crippen molar-refractivity contribution < 1.29 is 29.2 Å². The molecule has 0 unspecified atom stereocenters. The first-order chi connectivity index (χ1) is 13.3. The number of fused-ring (bicyclic) bond motifs is 1. The lowest BCUT2D eigenvalue weighted by atomic mass is 9.98. The maximum Gasteiger partial charge on any atom is 0.297 e. The number of ketones is 1. The number of benzene rings is 2. The van der Waals surface area contributed by atoms with Crippen LogP contribution in [0.25, 0.3) is 12.2 Å². The van der Waals surface area contributed by atoms with Crippen molar-refractivity contribution in [3.05, 3.63) is 53.1 Å². The monoisotopic (exact) mass is 383 g/mol. The Kier molecular flexibility index (Phi) is 5.05. The molecule has 0 saturated heterocycles. The number of phenolic OH excluding ortho intramolecular Hbond substituents is 1. The molecule has 28 heavy (non-hydrogen) atoms. The van der Waals surface area contributed by atoms with E-state index < -0.39 is 5.60 Å². The largest absolute Gasteiger partial charge is 0.591 e. The summed E-state index contributed by atoms with van der Waals surface area (Å²) in [6.07, 6.45) is 6.47. The van der Waals surface area contributed by atoms with Crippen LogP contribution < -0.4 is 14.2 Å². The number of methoxy groups -OCH3 is 2. The highest BCUT2D eigenvalue weighted by atomic mass is 16.5. The van der Waals surface area contributed by atoms with Crippen molar-refractivity contribution in [2.24, 2.45) is 0 Å². The van der Waals surface area contributed by atoms with Crippen LogP contribution in [-0.4, -0.2) is 35.8 Å². The maximum atomic E-state index is 12.6. The summed E-state index contributed by atoms with van der Waals surface area (Å²) in [5, 5.41) is 18.5. The smallest absolute Gasteiger partial charge is 0.297 e. The molecule has 3 rings (SSSR count). The van der Waals surface area contributed by atoms with Gasteiger partial charge in [0.1, 0.15) is 22.8 Å². The molecule has 0 atom stereocenters. The molecular weight excluding hydrogens is 360 g/mol. The van der Waals surface area contributed by atoms with Gasteiger partial charge in [0.25, 0.3) is 5.75 Å². The van der Waals surface area contributed by atoms with Gasteiger partial charge in [0.2, 0.25) is 5.75 Å². The molecule has 2 aromatic carbocycles. The van der Waals surface area contributed by atoms with E-state index in [1.165, 1.54) is 26.4 Å². The van der Waals surface area contributed by atoms with Gasteiger partial charge in [-0.05, 0) is 50.3 Å². The molecule has 0 amide bonds. The van der Waals surface area contributed by atoms with Crippen LogP contribution in [0.15, 0.2) is 36.4 Å². The van der Waals surface area contributed by atoms with Gasteiger partial charge in [-0.3, -0.25) is 4.79 Å². The topological polar surface area (TPSA) is 87.9 Å². The lowest BCUT2D eigenvalue weighted by Crippen LogP contribution is -2.27. The first-order valence-electron chi connectivity index (χ1n) is 8.70. The van der Waals surface area contributed by atoms with Crippen molar-refractivity contribution in [1.82, 2.24) is 0 Å². The van der Waals surface area contributed by atoms with Gasteiger partial charge in [0.05, 0.1) is 25.3 Å². The molecule has 0 spiro atoms. The molecule has 1 aliphatic heterocycles. The average Bonchev–Trinajstić information content (AvgIpc) is 2.65. The van der Waals surface area contributed by atoms with Crippen LogP contribution in [0.2, 0.25) is 0 Å². The molecule has 6 nitrogen and oxygen atoms in total. The zero-order chi connectivity index (χ0) is 20.5. The van der Waals surface area contributed by atoms with E-state index in [0.29, 0.717) is 28.4 Å². The Morgan fingerprint density at radius 1 is 1.18 bits per heavy atom. The molecule has 6 heteroatoms. The van der Waals surface area contributed by atoms with E-state index in [0.717, 1.165) is 0 Å². The molecule has 0 saturated carbocycles. The van der Waals surface area contributed by atoms with E-state index in [1.807, 2.05) is 19.9 Å². The summed E-state index contributed by atoms with van der Waals surface area (Å²) in [6, 6.07) is 6.36. The van der Waals surface area contributed by atoms with Crippen LogP contribution in [0, 0.1) is 0 Å². The minimum absolute atomic E-state index is 0.123. The van der Waals surface area contributed by atoms with Crippen LogP contribution in [0.5, 0.6) is 28.7 Å². The van der Waals surface area contributed by atoms with E-state index in [1.54, 1.807) is 30.4 Å². The van der Waals surface area contributed by atoms with Crippen LogP contribution in [0.4, 0.5) is 0 Å². The number of hydrogen-bond acceptors (Lipinski definition) is 5. The maximum absolute atomic E-state index is 12.6. The van der Waals surface area contributed by atoms with Crippen LogP contribution in [0.3, 0.4) is 0 Å². The molecule has 0 radical (unpaired) electrons. The van der Waals surface area contributed by atoms with E-state index in [-0.39, 0.29) is 22.8 Å². The Hall–Kier alpha value is -3.41. The first-order valence-corrected chi connectivity index (χ1v) is 8.70. The zero-order valence-electron chi connectivity index (χ0n) is 16.2. The summed E-state index contributed by atoms with van der Waals surface area (Å²) in [5.41, 5.74) is 0.740. The number of carbonyl (C=O) groups is 1. The fourth-order valence-corrected chi connectivity index (χ4v) is 2.95. The van der Waals surface area contributed by atoms with Crippen molar-refractivity contribution in [3.63, 3.8) is 0 Å². The van der Waals surface area contributed by atoms with Crippen LogP contribution in [-0.2, 0) is 0 Å². The summed E-state index contributed by atoms with van der Waals surface area (Å²) in [5.74, 6) is 1.07. The lowest BCUT2D eigenvalue weighted by Gasteiger charge is -2.28. The molecule has 0 aliphatic carbocycles. The highest BCUT2D eigenvalue weighted by molar-refractivity contribution is 6.09. The Balaban J connectivity index is 1.91. The quantitative estimate of drug-likeness (QED) is 0.480. The molecule has 1 aliphatic rings. The van der Waals surface area contributed by atoms with Crippen molar-refractivity contribution in [2.45, 2.75) is 19.4 Å². The van der Waals surface area contributed by atoms with Gasteiger partial charge in [-0.2, -0.15) is 0 Å². The second-order valence-electron chi connectivity index (χ2n) is 6.90. The van der Waals surface area contributed by atoms with E-state index >= 15 is 0 Å². The van der Waals surface area contributed by atoms with Crippen molar-refractivity contribution in [1.29, 1.82) is 0 Å². The number of allylic oxidation sites excluding steroid dienone is 1. The Morgan fingerprint density at radius 3 is 2.57 bits per heavy atom. The molecule has 3 N–H and O–H groups in total. The predicted octanol–water partition coefficient (Wildman–Crippen LogP) is 3.93. The molecule has 1 heterocycles. The molecule has 2 aromatic rings. The van der Waals surface area contributed by atoms with Gasteiger partial charge < -0.3 is 24.4 Å². The number of aromatic hydroxyl groups is 1. The third-order valence-electron chi connectivity index (χ3n) is 4.43. The van der Waals surface area contributed by atoms with Gasteiger partial charge in [0, 0.05) is 17.7 Å². The second-order valence-corrected chi connectivity index (χ2v) is 6.90. The first kappa shape index (κ1) is 19.4. The Bertz CT molecular complexity index is 985. The highest BCUT2D eigenvalue weighted by Crippen LogP contribution is 2.39. The minimum atomic E-state index is -0.468. The average molecular weight is 383 g/mol. The summed E-state index contributed by atoms with van der Waals surface area (Å²) in [4.78, 5) is 12.6. The molecule has 0 fully saturated rings. The fourth-order valence-electron chi connectivity index (χ4n) is 2.95. The third-order valence-corrected chi connectivity index (χ3v) is 4.43. The number of carbonyl (C=O) groups excluding carboxylic acids is 1. The minimum Gasteiger partial charge on any atom is -0.591 e. The summed E-state index contributed by atoms with van der Waals surface area (Å²) >= 11 is 0. The van der Waals surface area contributed by atoms with Gasteiger partial charge in [-0.25, -0.2) is 0 Å². The number of hydrogen-bond donors (Lipinski definition) is 1. The SMILES string of the molecule is COc1cc(OC)c(/C=C/C(=O)c2ccc3c(c2O)C=CC(C)(C)O3)cc1[OH2+]. The number of rotatable bonds is 5. The van der Waals surface area contributed by atoms with Crippen LogP contribution >= 0.6 is 0 Å². The Labute approximate surface area is 163 Å². The van der Waals surface area contributed by atoms with E-state index in [2.05, 4.69) is 0 Å². The standard InChI is InChI=1S/C22H22O6/c1-22(2)10-9-15-18(28-22)8-6-14(21(15)25)16(23)7-5-13-11-17(24)20(27-4)12-19(13)26-3/h5-12,24-25H,1-4H3/p+1/b7-5+. The van der Waals surface area contributed by atoms with Crippen molar-refractivity contribution >= 4 is 17.9 Å². The van der Waals surface area contributed by atoms with Gasteiger partial charge in [-0.15, -0.1) is 0 Å². The molecule has 0 bridgehead atoms. The highest BCUT2D eigenvalue weighted by Gasteiger charge is 2.25. The third kappa shape index (κ3) is 3.67. The Morgan fingerprint density at radius 2 is 1.89 bits per heavy atom. The normalized spacial score (nSPS) is 14.4. The van der Waals surface area contributed by atoms with Crippen LogP contribution in [0.1, 0.15) is 35.3 Å². The summed E-state index contributed by atoms with van der Waals surface area (Å²) in [7, 11) is 2.98. The molecule has 146 valence electrons. The summed E-state index contributed by atoms with van der Waals surface area (Å²) in [6.45, 7) is 3.82. The van der Waals surface area contributed by atoms with E-state index in [9.17, 15) is 9.90 Å². The van der Waals surface area contributed by atoms with Gasteiger partial charge >= 0.3 is 0 Å². The lowest BCUT2D eigenvalue weighted by molar-refractivity contribution is 0.104. The fraction of sp³-hybridized carbons (Fsp3) is 0.227. The zero-order valence-corrected chi connectivity index (χ0v) is 16.2. The van der Waals surface area contributed by atoms with E-state index in [4.69, 9.17) is 19.3 Å². The summed E-state index contributed by atoms with van der Waals surface area (Å²) < 4.78 is 16.2. The number of phenols is 1. The molecular formula is C22H23O6+.